The molecule has 0 saturated heterocycles. The zero-order chi connectivity index (χ0) is 18.8. The normalized spacial score (nSPS) is 11.0. The average Bonchev–Trinajstić information content (AvgIpc) is 2.54. The topological polar surface area (TPSA) is 40.5 Å². The Labute approximate surface area is 149 Å². The van der Waals surface area contributed by atoms with Crippen molar-refractivity contribution in [1.29, 1.82) is 0 Å². The lowest BCUT2D eigenvalue weighted by Gasteiger charge is -2.37. The van der Waals surface area contributed by atoms with Crippen molar-refractivity contribution >= 4 is 22.9 Å². The third-order valence-electron chi connectivity index (χ3n) is 4.43. The number of amides is 1. The van der Waals surface area contributed by atoms with Gasteiger partial charge in [0.05, 0.1) is 5.54 Å². The van der Waals surface area contributed by atoms with E-state index in [1.807, 2.05) is 76.2 Å². The molecule has 0 radical (unpaired) electrons. The molecule has 2 rings (SSSR count). The van der Waals surface area contributed by atoms with E-state index < -0.39 is 11.6 Å². The van der Waals surface area contributed by atoms with Gasteiger partial charge in [0.1, 0.15) is 0 Å². The Morgan fingerprint density at radius 3 is 2.00 bits per heavy atom. The second-order valence-electron chi connectivity index (χ2n) is 6.87. The number of hydrogen-bond donors (Lipinski definition) is 1. The Morgan fingerprint density at radius 2 is 1.52 bits per heavy atom. The fourth-order valence-corrected chi connectivity index (χ4v) is 2.87. The van der Waals surface area contributed by atoms with Gasteiger partial charge in [0.15, 0.2) is 0 Å². The molecule has 0 fully saturated rings. The number of hydrogen-bond acceptors (Lipinski definition) is 1. The van der Waals surface area contributed by atoms with Crippen LogP contribution in [0.25, 0.3) is 11.1 Å². The van der Waals surface area contributed by atoms with Gasteiger partial charge in [0.2, 0.25) is 0 Å². The van der Waals surface area contributed by atoms with Crippen molar-refractivity contribution in [2.75, 3.05) is 4.90 Å². The van der Waals surface area contributed by atoms with Crippen LogP contribution in [0.1, 0.15) is 44.4 Å². The van der Waals surface area contributed by atoms with Crippen molar-refractivity contribution < 1.29 is 9.90 Å². The summed E-state index contributed by atoms with van der Waals surface area (Å²) in [5, 5.41) is 9.89. The van der Waals surface area contributed by atoms with Crippen LogP contribution in [0.2, 0.25) is 0 Å². The van der Waals surface area contributed by atoms with Crippen LogP contribution >= 0.6 is 0 Å². The van der Waals surface area contributed by atoms with Gasteiger partial charge in [-0.25, -0.2) is 4.79 Å². The summed E-state index contributed by atoms with van der Waals surface area (Å²) in [6.07, 6.45) is -0.993. The van der Waals surface area contributed by atoms with E-state index in [1.165, 1.54) is 4.90 Å². The van der Waals surface area contributed by atoms with Gasteiger partial charge in [-0.3, -0.25) is 4.90 Å². The minimum Gasteiger partial charge on any atom is -0.465 e. The largest absolute Gasteiger partial charge is 0.465 e. The van der Waals surface area contributed by atoms with Crippen LogP contribution < -0.4 is 4.90 Å². The molecule has 130 valence electrons. The number of allylic oxidation sites excluding steroid dienone is 2. The Balaban J connectivity index is 2.51. The van der Waals surface area contributed by atoms with Gasteiger partial charge in [0.25, 0.3) is 0 Å². The number of rotatable bonds is 5. The van der Waals surface area contributed by atoms with E-state index in [9.17, 15) is 9.90 Å². The SMILES string of the molecule is C=C(C)c1ccc(C(C)(C)N(C(=O)O)c2cccc(C(=C)C)c2)cc1. The van der Waals surface area contributed by atoms with Gasteiger partial charge in [-0.1, -0.05) is 60.7 Å². The predicted molar refractivity (Wildman–Crippen MR) is 106 cm³/mol. The molecule has 0 heterocycles. The van der Waals surface area contributed by atoms with Crippen LogP contribution in [-0.4, -0.2) is 11.2 Å². The first-order valence-electron chi connectivity index (χ1n) is 8.20. The second-order valence-corrected chi connectivity index (χ2v) is 6.87. The van der Waals surface area contributed by atoms with Gasteiger partial charge in [-0.15, -0.1) is 0 Å². The first-order chi connectivity index (χ1) is 11.6. The molecule has 0 unspecified atom stereocenters. The molecule has 3 nitrogen and oxygen atoms in total. The molecule has 0 aromatic heterocycles. The van der Waals surface area contributed by atoms with E-state index in [0.29, 0.717) is 5.69 Å². The first-order valence-corrected chi connectivity index (χ1v) is 8.20. The fourth-order valence-electron chi connectivity index (χ4n) is 2.87. The van der Waals surface area contributed by atoms with Gasteiger partial charge < -0.3 is 5.11 Å². The molecule has 2 aromatic carbocycles. The van der Waals surface area contributed by atoms with Crippen molar-refractivity contribution in [2.45, 2.75) is 33.2 Å². The lowest BCUT2D eigenvalue weighted by molar-refractivity contribution is 0.194. The zero-order valence-corrected chi connectivity index (χ0v) is 15.3. The quantitative estimate of drug-likeness (QED) is 0.709. The number of anilines is 1. The molecule has 2 aromatic rings. The van der Waals surface area contributed by atoms with Gasteiger partial charge in [-0.05, 0) is 56.5 Å². The molecule has 3 heteroatoms. The summed E-state index contributed by atoms with van der Waals surface area (Å²) in [5.41, 5.74) is 4.67. The highest BCUT2D eigenvalue weighted by atomic mass is 16.4. The maximum Gasteiger partial charge on any atom is 0.412 e. The molecule has 0 atom stereocenters. The van der Waals surface area contributed by atoms with E-state index >= 15 is 0 Å². The average molecular weight is 335 g/mol. The van der Waals surface area contributed by atoms with Crippen LogP contribution in [0.15, 0.2) is 61.7 Å². The van der Waals surface area contributed by atoms with Crippen molar-refractivity contribution in [3.8, 4) is 0 Å². The number of carboxylic acid groups (broad SMARTS) is 1. The van der Waals surface area contributed by atoms with Crippen molar-refractivity contribution in [2.24, 2.45) is 0 Å². The summed E-state index contributed by atoms with van der Waals surface area (Å²) < 4.78 is 0. The van der Waals surface area contributed by atoms with Crippen LogP contribution in [0.3, 0.4) is 0 Å². The number of carbonyl (C=O) groups is 1. The smallest absolute Gasteiger partial charge is 0.412 e. The lowest BCUT2D eigenvalue weighted by atomic mass is 9.90. The van der Waals surface area contributed by atoms with Crippen molar-refractivity contribution in [3.63, 3.8) is 0 Å². The maximum absolute atomic E-state index is 12.1. The van der Waals surface area contributed by atoms with E-state index in [0.717, 1.165) is 27.8 Å². The van der Waals surface area contributed by atoms with E-state index in [1.54, 1.807) is 0 Å². The zero-order valence-electron chi connectivity index (χ0n) is 15.3. The Morgan fingerprint density at radius 1 is 0.960 bits per heavy atom. The Bertz CT molecular complexity index is 816. The third-order valence-corrected chi connectivity index (χ3v) is 4.43. The summed E-state index contributed by atoms with van der Waals surface area (Å²) >= 11 is 0. The highest BCUT2D eigenvalue weighted by Crippen LogP contribution is 2.34. The van der Waals surface area contributed by atoms with Gasteiger partial charge in [-0.2, -0.15) is 0 Å². The minimum atomic E-state index is -0.993. The van der Waals surface area contributed by atoms with Crippen molar-refractivity contribution in [3.05, 3.63) is 78.4 Å². The summed E-state index contributed by atoms with van der Waals surface area (Å²) in [7, 11) is 0. The van der Waals surface area contributed by atoms with Crippen LogP contribution in [0, 0.1) is 0 Å². The van der Waals surface area contributed by atoms with Crippen LogP contribution in [0.5, 0.6) is 0 Å². The molecule has 1 amide bonds. The first kappa shape index (κ1) is 18.5. The van der Waals surface area contributed by atoms with E-state index in [-0.39, 0.29) is 0 Å². The molecule has 0 aliphatic rings. The van der Waals surface area contributed by atoms with E-state index in [2.05, 4.69) is 13.2 Å². The standard InChI is InChI=1S/C22H25NO2/c1-15(2)17-10-12-19(13-11-17)22(5,6)23(21(24)25)20-9-7-8-18(14-20)16(3)4/h7-14H,1,3H2,2,4-6H3,(H,24,25). The molecule has 0 saturated carbocycles. The predicted octanol–water partition coefficient (Wildman–Crippen LogP) is 6.17. The summed E-state index contributed by atoms with van der Waals surface area (Å²) in [5.74, 6) is 0. The molecule has 25 heavy (non-hydrogen) atoms. The second kappa shape index (κ2) is 6.98. The monoisotopic (exact) mass is 335 g/mol. The third kappa shape index (κ3) is 3.82. The highest BCUT2D eigenvalue weighted by Gasteiger charge is 2.34. The molecule has 1 N–H and O–H groups in total. The molecule has 0 bridgehead atoms. The van der Waals surface area contributed by atoms with E-state index in [4.69, 9.17) is 0 Å². The van der Waals surface area contributed by atoms with Gasteiger partial charge >= 0.3 is 6.09 Å². The van der Waals surface area contributed by atoms with Crippen LogP contribution in [-0.2, 0) is 5.54 Å². The van der Waals surface area contributed by atoms with Crippen molar-refractivity contribution in [1.82, 2.24) is 0 Å². The minimum absolute atomic E-state index is 0.627. The molecular weight excluding hydrogens is 310 g/mol. The van der Waals surface area contributed by atoms with Gasteiger partial charge in [0, 0.05) is 5.69 Å². The highest BCUT2D eigenvalue weighted by molar-refractivity contribution is 5.89. The molecule has 0 aliphatic heterocycles. The summed E-state index contributed by atoms with van der Waals surface area (Å²) in [6.45, 7) is 15.6. The maximum atomic E-state index is 12.1. The Hall–Kier alpha value is -2.81. The fraction of sp³-hybridized carbons (Fsp3) is 0.227. The Kier molecular flexibility index (Phi) is 5.17. The molecule has 0 spiro atoms. The van der Waals surface area contributed by atoms with Crippen LogP contribution in [0.4, 0.5) is 10.5 Å². The molecular formula is C22H25NO2. The molecule has 0 aliphatic carbocycles. The summed E-state index contributed by atoms with van der Waals surface area (Å²) in [4.78, 5) is 13.5. The number of benzene rings is 2. The number of nitrogens with zero attached hydrogens (tertiary/aromatic N) is 1. The lowest BCUT2D eigenvalue weighted by Crippen LogP contribution is -2.45. The summed E-state index contributed by atoms with van der Waals surface area (Å²) in [6, 6.07) is 15.3.